The van der Waals surface area contributed by atoms with Gasteiger partial charge >= 0.3 is 0 Å². The van der Waals surface area contributed by atoms with Crippen molar-refractivity contribution in [3.63, 3.8) is 0 Å². The molecule has 0 aromatic heterocycles. The number of nitrogens with zero attached hydrogens (tertiary/aromatic N) is 1. The Morgan fingerprint density at radius 3 is 2.73 bits per heavy atom. The van der Waals surface area contributed by atoms with Crippen LogP contribution in [0.5, 0.6) is 0 Å². The summed E-state index contributed by atoms with van der Waals surface area (Å²) in [6.45, 7) is 0.0504. The molecule has 0 aliphatic rings. The summed E-state index contributed by atoms with van der Waals surface area (Å²) in [6, 6.07) is 11.8. The molecule has 0 aliphatic heterocycles. The zero-order chi connectivity index (χ0) is 15.9. The van der Waals surface area contributed by atoms with Crippen molar-refractivity contribution in [2.75, 3.05) is 11.9 Å². The van der Waals surface area contributed by atoms with E-state index in [2.05, 4.69) is 47.7 Å². The Kier molecular flexibility index (Phi) is 6.09. The number of halogens is 3. The summed E-state index contributed by atoms with van der Waals surface area (Å²) in [6.07, 6.45) is 1.27. The van der Waals surface area contributed by atoms with E-state index in [9.17, 15) is 9.18 Å². The zero-order valence-electron chi connectivity index (χ0n) is 11.3. The first-order valence-electron chi connectivity index (χ1n) is 6.31. The fourth-order valence-electron chi connectivity index (χ4n) is 1.60. The highest BCUT2D eigenvalue weighted by atomic mass is 79.9. The Labute approximate surface area is 144 Å². The highest BCUT2D eigenvalue weighted by Crippen LogP contribution is 2.25. The molecule has 0 aliphatic carbocycles. The van der Waals surface area contributed by atoms with E-state index in [1.807, 2.05) is 18.2 Å². The molecule has 22 heavy (non-hydrogen) atoms. The minimum absolute atomic E-state index is 0.0504. The van der Waals surface area contributed by atoms with E-state index < -0.39 is 5.82 Å². The molecule has 0 fully saturated rings. The van der Waals surface area contributed by atoms with Gasteiger partial charge in [-0.1, -0.05) is 34.1 Å². The van der Waals surface area contributed by atoms with Gasteiger partial charge in [-0.25, -0.2) is 9.82 Å². The van der Waals surface area contributed by atoms with Gasteiger partial charge in [-0.2, -0.15) is 5.10 Å². The van der Waals surface area contributed by atoms with Gasteiger partial charge in [0.05, 0.1) is 12.8 Å². The maximum Gasteiger partial charge on any atom is 0.259 e. The second-order valence-electron chi connectivity index (χ2n) is 4.29. The topological polar surface area (TPSA) is 53.5 Å². The molecule has 114 valence electrons. The number of amides is 1. The third kappa shape index (κ3) is 4.92. The van der Waals surface area contributed by atoms with Crippen LogP contribution in [0.3, 0.4) is 0 Å². The minimum Gasteiger partial charge on any atom is -0.375 e. The van der Waals surface area contributed by atoms with Gasteiger partial charge in [0.2, 0.25) is 0 Å². The molecule has 0 heterocycles. The van der Waals surface area contributed by atoms with Crippen LogP contribution in [0, 0.1) is 5.82 Å². The molecular formula is C15H12Br2FN3O. The standard InChI is InChI=1S/C15H12Br2FN3O/c16-11-5-6-14(12(17)7-11)19-9-15(22)21-20-8-10-3-1-2-4-13(10)18/h1-8,19H,9H2,(H,21,22)/b20-8+. The summed E-state index contributed by atoms with van der Waals surface area (Å²) in [4.78, 5) is 11.7. The first kappa shape index (κ1) is 16.6. The number of carbonyl (C=O) groups excluding carboxylic acids is 1. The van der Waals surface area contributed by atoms with Crippen LogP contribution in [0.25, 0.3) is 0 Å². The van der Waals surface area contributed by atoms with Gasteiger partial charge in [-0.3, -0.25) is 4.79 Å². The summed E-state index contributed by atoms with van der Waals surface area (Å²) >= 11 is 6.74. The summed E-state index contributed by atoms with van der Waals surface area (Å²) < 4.78 is 15.1. The van der Waals surface area contributed by atoms with Crippen molar-refractivity contribution in [3.8, 4) is 0 Å². The largest absolute Gasteiger partial charge is 0.375 e. The minimum atomic E-state index is -0.391. The number of hydrogen-bond donors (Lipinski definition) is 2. The van der Waals surface area contributed by atoms with Crippen LogP contribution in [0.15, 0.2) is 56.5 Å². The summed E-state index contributed by atoms with van der Waals surface area (Å²) in [5, 5.41) is 6.70. The summed E-state index contributed by atoms with van der Waals surface area (Å²) in [7, 11) is 0. The van der Waals surface area contributed by atoms with Gasteiger partial charge in [-0.15, -0.1) is 0 Å². The SMILES string of the molecule is O=C(CNc1ccc(Br)cc1Br)N/N=C/c1ccccc1F. The third-order valence-electron chi connectivity index (χ3n) is 2.67. The monoisotopic (exact) mass is 427 g/mol. The molecule has 0 spiro atoms. The van der Waals surface area contributed by atoms with E-state index in [1.54, 1.807) is 18.2 Å². The van der Waals surface area contributed by atoms with E-state index in [0.717, 1.165) is 14.6 Å². The lowest BCUT2D eigenvalue weighted by Crippen LogP contribution is -2.26. The van der Waals surface area contributed by atoms with Crippen molar-refractivity contribution in [3.05, 3.63) is 62.8 Å². The van der Waals surface area contributed by atoms with E-state index in [4.69, 9.17) is 0 Å². The lowest BCUT2D eigenvalue weighted by molar-refractivity contribution is -0.119. The molecule has 0 saturated heterocycles. The third-order valence-corrected chi connectivity index (χ3v) is 3.82. The van der Waals surface area contributed by atoms with Gasteiger partial charge in [-0.05, 0) is 40.2 Å². The number of hydrogen-bond acceptors (Lipinski definition) is 3. The molecular weight excluding hydrogens is 417 g/mol. The number of hydrazone groups is 1. The molecule has 0 saturated carbocycles. The van der Waals surface area contributed by atoms with Crippen LogP contribution in [-0.2, 0) is 4.79 Å². The van der Waals surface area contributed by atoms with Crippen LogP contribution in [0.4, 0.5) is 10.1 Å². The normalized spacial score (nSPS) is 10.7. The molecule has 0 atom stereocenters. The van der Waals surface area contributed by atoms with Gasteiger partial charge in [0, 0.05) is 20.2 Å². The Hall–Kier alpha value is -1.73. The average Bonchev–Trinajstić information content (AvgIpc) is 2.48. The van der Waals surface area contributed by atoms with Crippen molar-refractivity contribution < 1.29 is 9.18 Å². The maximum absolute atomic E-state index is 13.3. The van der Waals surface area contributed by atoms with E-state index in [0.29, 0.717) is 5.56 Å². The fraction of sp³-hybridized carbons (Fsp3) is 0.0667. The van der Waals surface area contributed by atoms with Crippen molar-refractivity contribution in [2.45, 2.75) is 0 Å². The second-order valence-corrected chi connectivity index (χ2v) is 6.06. The molecule has 0 bridgehead atoms. The molecule has 0 radical (unpaired) electrons. The van der Waals surface area contributed by atoms with Crippen LogP contribution in [-0.4, -0.2) is 18.7 Å². The molecule has 0 unspecified atom stereocenters. The van der Waals surface area contributed by atoms with E-state index >= 15 is 0 Å². The zero-order valence-corrected chi connectivity index (χ0v) is 14.5. The quantitative estimate of drug-likeness (QED) is 0.560. The lowest BCUT2D eigenvalue weighted by atomic mass is 10.2. The highest BCUT2D eigenvalue weighted by molar-refractivity contribution is 9.11. The van der Waals surface area contributed by atoms with Crippen molar-refractivity contribution in [1.82, 2.24) is 5.43 Å². The van der Waals surface area contributed by atoms with E-state index in [-0.39, 0.29) is 12.5 Å². The Balaban J connectivity index is 1.84. The van der Waals surface area contributed by atoms with Gasteiger partial charge < -0.3 is 5.32 Å². The van der Waals surface area contributed by atoms with Crippen molar-refractivity contribution in [1.29, 1.82) is 0 Å². The molecule has 1 amide bonds. The molecule has 2 N–H and O–H groups in total. The predicted molar refractivity (Wildman–Crippen MR) is 92.5 cm³/mol. The number of anilines is 1. The Morgan fingerprint density at radius 1 is 1.23 bits per heavy atom. The summed E-state index contributed by atoms with van der Waals surface area (Å²) in [5.41, 5.74) is 3.44. The number of nitrogens with one attached hydrogen (secondary N) is 2. The number of carbonyl (C=O) groups is 1. The molecule has 2 aromatic carbocycles. The van der Waals surface area contributed by atoms with Crippen LogP contribution < -0.4 is 10.7 Å². The molecule has 2 aromatic rings. The molecule has 4 nitrogen and oxygen atoms in total. The smallest absolute Gasteiger partial charge is 0.259 e. The lowest BCUT2D eigenvalue weighted by Gasteiger charge is -2.07. The number of rotatable bonds is 5. The van der Waals surface area contributed by atoms with Crippen LogP contribution in [0.1, 0.15) is 5.56 Å². The second kappa shape index (κ2) is 8.05. The molecule has 2 rings (SSSR count). The predicted octanol–water partition coefficient (Wildman–Crippen LogP) is 3.91. The highest BCUT2D eigenvalue weighted by Gasteiger charge is 2.03. The van der Waals surface area contributed by atoms with Crippen molar-refractivity contribution in [2.24, 2.45) is 5.10 Å². The fourth-order valence-corrected chi connectivity index (χ4v) is 2.79. The average molecular weight is 429 g/mol. The summed E-state index contributed by atoms with van der Waals surface area (Å²) in [5.74, 6) is -0.722. The number of benzene rings is 2. The van der Waals surface area contributed by atoms with Gasteiger partial charge in [0.1, 0.15) is 5.82 Å². The first-order valence-corrected chi connectivity index (χ1v) is 7.90. The van der Waals surface area contributed by atoms with Crippen LogP contribution >= 0.6 is 31.9 Å². The molecule has 7 heteroatoms. The van der Waals surface area contributed by atoms with E-state index in [1.165, 1.54) is 12.3 Å². The van der Waals surface area contributed by atoms with Crippen LogP contribution in [0.2, 0.25) is 0 Å². The maximum atomic E-state index is 13.3. The Morgan fingerprint density at radius 2 is 2.00 bits per heavy atom. The van der Waals surface area contributed by atoms with Gasteiger partial charge in [0.15, 0.2) is 0 Å². The Bertz CT molecular complexity index is 707. The van der Waals surface area contributed by atoms with Crippen molar-refractivity contribution >= 4 is 49.7 Å². The van der Waals surface area contributed by atoms with Gasteiger partial charge in [0.25, 0.3) is 5.91 Å². The first-order chi connectivity index (χ1) is 10.6.